The monoisotopic (exact) mass is 396 g/mol. The standard InChI is InChI=1S/C13H16BrClF2N2OSi/c1-21(2,3)5-4-20-7-19-9-6-8(16)10(14)11(17)12(9)18-13(19)15/h6H,4-5,7H2,1-3H3. The van der Waals surface area contributed by atoms with Crippen LogP contribution in [-0.4, -0.2) is 24.2 Å². The summed E-state index contributed by atoms with van der Waals surface area (Å²) in [5.74, 6) is -1.45. The van der Waals surface area contributed by atoms with Crippen molar-refractivity contribution in [3.05, 3.63) is 27.5 Å². The van der Waals surface area contributed by atoms with Gasteiger partial charge in [-0.25, -0.2) is 13.8 Å². The topological polar surface area (TPSA) is 27.1 Å². The SMILES string of the molecule is C[Si](C)(C)CCOCn1c(Cl)nc2c(F)c(Br)c(F)cc21. The molecule has 0 bridgehead atoms. The van der Waals surface area contributed by atoms with Crippen molar-refractivity contribution in [2.75, 3.05) is 6.61 Å². The minimum absolute atomic E-state index is 0.0297. The maximum absolute atomic E-state index is 13.9. The zero-order valence-electron chi connectivity index (χ0n) is 12.0. The van der Waals surface area contributed by atoms with Gasteiger partial charge in [0.15, 0.2) is 5.82 Å². The number of benzene rings is 1. The van der Waals surface area contributed by atoms with Crippen molar-refractivity contribution < 1.29 is 13.5 Å². The summed E-state index contributed by atoms with van der Waals surface area (Å²) < 4.78 is 34.4. The molecule has 0 radical (unpaired) electrons. The zero-order valence-corrected chi connectivity index (χ0v) is 15.4. The first-order valence-electron chi connectivity index (χ1n) is 6.47. The van der Waals surface area contributed by atoms with Gasteiger partial charge < -0.3 is 4.74 Å². The van der Waals surface area contributed by atoms with Crippen LogP contribution in [0.5, 0.6) is 0 Å². The molecule has 2 aromatic rings. The molecule has 0 atom stereocenters. The zero-order chi connectivity index (χ0) is 15.8. The van der Waals surface area contributed by atoms with Gasteiger partial charge in [0.2, 0.25) is 5.28 Å². The average molecular weight is 398 g/mol. The van der Waals surface area contributed by atoms with E-state index in [1.807, 2.05) is 0 Å². The Morgan fingerprint density at radius 1 is 1.38 bits per heavy atom. The van der Waals surface area contributed by atoms with Crippen molar-refractivity contribution in [1.29, 1.82) is 0 Å². The number of hydrogen-bond acceptors (Lipinski definition) is 2. The van der Waals surface area contributed by atoms with E-state index in [0.717, 1.165) is 6.04 Å². The lowest BCUT2D eigenvalue weighted by molar-refractivity contribution is 0.0900. The van der Waals surface area contributed by atoms with E-state index < -0.39 is 19.7 Å². The fourth-order valence-corrected chi connectivity index (χ4v) is 3.08. The van der Waals surface area contributed by atoms with Gasteiger partial charge in [-0.3, -0.25) is 4.57 Å². The molecular formula is C13H16BrClF2N2OSi. The summed E-state index contributed by atoms with van der Waals surface area (Å²) in [6, 6.07) is 2.20. The number of halogens is 4. The van der Waals surface area contributed by atoms with Crippen molar-refractivity contribution in [3.8, 4) is 0 Å². The minimum Gasteiger partial charge on any atom is -0.361 e. The largest absolute Gasteiger partial charge is 0.361 e. The number of aromatic nitrogens is 2. The molecular weight excluding hydrogens is 382 g/mol. The van der Waals surface area contributed by atoms with Gasteiger partial charge in [0, 0.05) is 20.7 Å². The summed E-state index contributed by atoms with van der Waals surface area (Å²) in [4.78, 5) is 3.93. The highest BCUT2D eigenvalue weighted by Crippen LogP contribution is 2.29. The van der Waals surface area contributed by atoms with Gasteiger partial charge in [0.25, 0.3) is 0 Å². The van der Waals surface area contributed by atoms with Crippen LogP contribution in [0.1, 0.15) is 0 Å². The number of hydrogen-bond donors (Lipinski definition) is 0. The Balaban J connectivity index is 2.22. The Hall–Kier alpha value is -0.503. The Morgan fingerprint density at radius 3 is 2.67 bits per heavy atom. The molecule has 0 saturated heterocycles. The van der Waals surface area contributed by atoms with E-state index in [-0.39, 0.29) is 27.5 Å². The van der Waals surface area contributed by atoms with Crippen molar-refractivity contribution in [2.45, 2.75) is 32.4 Å². The second-order valence-corrected chi connectivity index (χ2v) is 12.8. The molecule has 0 N–H and O–H groups in total. The quantitative estimate of drug-likeness (QED) is 0.401. The molecule has 0 spiro atoms. The average Bonchev–Trinajstić information content (AvgIpc) is 2.68. The molecule has 116 valence electrons. The van der Waals surface area contributed by atoms with Gasteiger partial charge in [0.1, 0.15) is 18.1 Å². The van der Waals surface area contributed by atoms with Crippen LogP contribution < -0.4 is 0 Å². The fraction of sp³-hybridized carbons (Fsp3) is 0.462. The Bertz CT molecular complexity index is 672. The molecule has 0 amide bonds. The van der Waals surface area contributed by atoms with Crippen LogP contribution in [0.2, 0.25) is 31.0 Å². The molecule has 1 heterocycles. The summed E-state index contributed by atoms with van der Waals surface area (Å²) in [5.41, 5.74) is 0.313. The van der Waals surface area contributed by atoms with Gasteiger partial charge in [-0.15, -0.1) is 0 Å². The van der Waals surface area contributed by atoms with E-state index in [0.29, 0.717) is 6.61 Å². The molecule has 3 nitrogen and oxygen atoms in total. The Kier molecular flexibility index (Phi) is 5.07. The summed E-state index contributed by atoms with van der Waals surface area (Å²) in [6.45, 7) is 7.46. The van der Waals surface area contributed by atoms with E-state index in [2.05, 4.69) is 40.6 Å². The van der Waals surface area contributed by atoms with Gasteiger partial charge in [-0.05, 0) is 33.6 Å². The normalized spacial score (nSPS) is 12.3. The number of ether oxygens (including phenoxy) is 1. The molecule has 0 aliphatic rings. The lowest BCUT2D eigenvalue weighted by Crippen LogP contribution is -2.22. The number of rotatable bonds is 5. The summed E-state index contributed by atoms with van der Waals surface area (Å²) in [7, 11) is -1.18. The first kappa shape index (κ1) is 16.9. The van der Waals surface area contributed by atoms with Gasteiger partial charge in [-0.1, -0.05) is 19.6 Å². The first-order valence-corrected chi connectivity index (χ1v) is 11.4. The van der Waals surface area contributed by atoms with Crippen LogP contribution in [0.4, 0.5) is 8.78 Å². The third-order valence-electron chi connectivity index (χ3n) is 3.05. The van der Waals surface area contributed by atoms with E-state index in [9.17, 15) is 8.78 Å². The number of fused-ring (bicyclic) bond motifs is 1. The van der Waals surface area contributed by atoms with Gasteiger partial charge in [0.05, 0.1) is 9.99 Å². The van der Waals surface area contributed by atoms with E-state index in [1.54, 1.807) is 0 Å². The molecule has 0 aliphatic carbocycles. The molecule has 2 rings (SSSR count). The third kappa shape index (κ3) is 3.83. The maximum atomic E-state index is 13.9. The molecule has 0 aliphatic heterocycles. The second-order valence-electron chi connectivity index (χ2n) is 6.01. The van der Waals surface area contributed by atoms with Crippen LogP contribution >= 0.6 is 27.5 Å². The van der Waals surface area contributed by atoms with Crippen LogP contribution in [-0.2, 0) is 11.5 Å². The van der Waals surface area contributed by atoms with Crippen LogP contribution in [0, 0.1) is 11.6 Å². The Labute approximate surface area is 136 Å². The van der Waals surface area contributed by atoms with E-state index in [1.165, 1.54) is 10.6 Å². The lowest BCUT2D eigenvalue weighted by Gasteiger charge is -2.15. The van der Waals surface area contributed by atoms with E-state index >= 15 is 0 Å². The van der Waals surface area contributed by atoms with Crippen LogP contribution in [0.3, 0.4) is 0 Å². The van der Waals surface area contributed by atoms with Crippen molar-refractivity contribution in [1.82, 2.24) is 9.55 Å². The van der Waals surface area contributed by atoms with Crippen molar-refractivity contribution in [3.63, 3.8) is 0 Å². The van der Waals surface area contributed by atoms with Crippen LogP contribution in [0.25, 0.3) is 11.0 Å². The lowest BCUT2D eigenvalue weighted by atomic mass is 10.3. The van der Waals surface area contributed by atoms with Crippen molar-refractivity contribution >= 4 is 46.6 Å². The highest BCUT2D eigenvalue weighted by atomic mass is 79.9. The number of imidazole rings is 1. The summed E-state index contributed by atoms with van der Waals surface area (Å²) in [6.07, 6.45) is 0. The fourth-order valence-electron chi connectivity index (χ4n) is 1.79. The summed E-state index contributed by atoms with van der Waals surface area (Å²) in [5, 5.41) is 0.0782. The highest BCUT2D eigenvalue weighted by molar-refractivity contribution is 9.10. The highest BCUT2D eigenvalue weighted by Gasteiger charge is 2.19. The van der Waals surface area contributed by atoms with Crippen molar-refractivity contribution in [2.24, 2.45) is 0 Å². The van der Waals surface area contributed by atoms with E-state index in [4.69, 9.17) is 16.3 Å². The molecule has 21 heavy (non-hydrogen) atoms. The second kappa shape index (κ2) is 6.32. The molecule has 0 unspecified atom stereocenters. The third-order valence-corrected chi connectivity index (χ3v) is 5.77. The molecule has 1 aromatic heterocycles. The predicted octanol–water partition coefficient (Wildman–Crippen LogP) is 5.04. The smallest absolute Gasteiger partial charge is 0.205 e. The minimum atomic E-state index is -1.18. The van der Waals surface area contributed by atoms with Gasteiger partial charge in [-0.2, -0.15) is 0 Å². The maximum Gasteiger partial charge on any atom is 0.205 e. The first-order chi connectivity index (χ1) is 9.70. The van der Waals surface area contributed by atoms with Crippen LogP contribution in [0.15, 0.2) is 10.5 Å². The molecule has 0 fully saturated rings. The number of nitrogens with zero attached hydrogens (tertiary/aromatic N) is 2. The molecule has 0 saturated carbocycles. The summed E-state index contributed by atoms with van der Waals surface area (Å²) >= 11 is 8.84. The molecule has 8 heteroatoms. The molecule has 1 aromatic carbocycles. The Morgan fingerprint density at radius 2 is 2.05 bits per heavy atom. The van der Waals surface area contributed by atoms with Gasteiger partial charge >= 0.3 is 0 Å². The predicted molar refractivity (Wildman–Crippen MR) is 86.5 cm³/mol.